The third-order valence-corrected chi connectivity index (χ3v) is 3.12. The molecular formula is C14H18N4O2. The molecular weight excluding hydrogens is 256 g/mol. The summed E-state index contributed by atoms with van der Waals surface area (Å²) in [6.07, 6.45) is 0.706. The molecule has 0 atom stereocenters. The number of nitrogens with zero attached hydrogens (tertiary/aromatic N) is 2. The molecule has 0 unspecified atom stereocenters. The number of benzene rings is 1. The number of aromatic nitrogens is 3. The van der Waals surface area contributed by atoms with E-state index in [1.54, 1.807) is 7.11 Å². The summed E-state index contributed by atoms with van der Waals surface area (Å²) in [5.74, 6) is 1.26. The minimum Gasteiger partial charge on any atom is -0.496 e. The van der Waals surface area contributed by atoms with Crippen molar-refractivity contribution in [3.8, 4) is 5.75 Å². The zero-order valence-electron chi connectivity index (χ0n) is 12.1. The van der Waals surface area contributed by atoms with Gasteiger partial charge in [0.15, 0.2) is 0 Å². The Bertz CT molecular complexity index is 634. The lowest BCUT2D eigenvalue weighted by Gasteiger charge is -2.13. The van der Waals surface area contributed by atoms with E-state index >= 15 is 0 Å². The number of aryl methyl sites for hydroxylation is 2. The number of hydrogen-bond donors (Lipinski definition) is 2. The number of aromatic amines is 1. The van der Waals surface area contributed by atoms with Gasteiger partial charge in [-0.05, 0) is 25.5 Å². The van der Waals surface area contributed by atoms with Crippen LogP contribution in [0.4, 0.5) is 5.69 Å². The van der Waals surface area contributed by atoms with Crippen LogP contribution in [0.2, 0.25) is 0 Å². The third-order valence-electron chi connectivity index (χ3n) is 3.12. The molecule has 0 radical (unpaired) electrons. The van der Waals surface area contributed by atoms with Gasteiger partial charge in [-0.2, -0.15) is 0 Å². The van der Waals surface area contributed by atoms with Crippen LogP contribution in [0.15, 0.2) is 12.1 Å². The number of amides is 1. The Morgan fingerprint density at radius 2 is 2.15 bits per heavy atom. The number of H-pyrrole nitrogens is 1. The highest BCUT2D eigenvalue weighted by atomic mass is 16.5. The minimum absolute atomic E-state index is 0.140. The van der Waals surface area contributed by atoms with Gasteiger partial charge in [0.25, 0.3) is 5.91 Å². The monoisotopic (exact) mass is 274 g/mol. The van der Waals surface area contributed by atoms with E-state index < -0.39 is 0 Å². The van der Waals surface area contributed by atoms with Crippen LogP contribution >= 0.6 is 0 Å². The molecule has 1 aromatic carbocycles. The van der Waals surface area contributed by atoms with Crippen molar-refractivity contribution in [1.29, 1.82) is 0 Å². The molecule has 2 aromatic rings. The zero-order valence-corrected chi connectivity index (χ0v) is 12.1. The molecule has 6 nitrogen and oxygen atoms in total. The molecule has 20 heavy (non-hydrogen) atoms. The van der Waals surface area contributed by atoms with Crippen LogP contribution < -0.4 is 10.1 Å². The molecule has 106 valence electrons. The molecule has 2 N–H and O–H groups in total. The Hall–Kier alpha value is -2.37. The van der Waals surface area contributed by atoms with Crippen molar-refractivity contribution < 1.29 is 9.53 Å². The first kappa shape index (κ1) is 14.0. The second kappa shape index (κ2) is 5.73. The molecule has 1 amide bonds. The number of nitrogens with one attached hydrogen (secondary N) is 2. The second-order valence-electron chi connectivity index (χ2n) is 4.50. The van der Waals surface area contributed by atoms with Crippen LogP contribution in [0, 0.1) is 13.8 Å². The van der Waals surface area contributed by atoms with Gasteiger partial charge in [-0.1, -0.05) is 13.0 Å². The van der Waals surface area contributed by atoms with Crippen molar-refractivity contribution in [2.75, 3.05) is 12.4 Å². The highest BCUT2D eigenvalue weighted by molar-refractivity contribution is 6.02. The molecule has 2 rings (SSSR count). The van der Waals surface area contributed by atoms with Gasteiger partial charge in [-0.25, -0.2) is 4.98 Å². The summed E-state index contributed by atoms with van der Waals surface area (Å²) in [7, 11) is 1.61. The van der Waals surface area contributed by atoms with Crippen LogP contribution in [0.5, 0.6) is 5.75 Å². The maximum atomic E-state index is 12.1. The van der Waals surface area contributed by atoms with Crippen molar-refractivity contribution in [2.45, 2.75) is 27.2 Å². The van der Waals surface area contributed by atoms with E-state index in [4.69, 9.17) is 4.74 Å². The average Bonchev–Trinajstić information content (AvgIpc) is 2.91. The Labute approximate surface area is 117 Å². The van der Waals surface area contributed by atoms with Crippen LogP contribution in [0.1, 0.15) is 34.5 Å². The van der Waals surface area contributed by atoms with E-state index in [0.717, 1.165) is 16.9 Å². The van der Waals surface area contributed by atoms with E-state index in [2.05, 4.69) is 20.5 Å². The quantitative estimate of drug-likeness (QED) is 0.896. The summed E-state index contributed by atoms with van der Waals surface area (Å²) in [4.78, 5) is 16.2. The Morgan fingerprint density at radius 3 is 2.75 bits per heavy atom. The van der Waals surface area contributed by atoms with E-state index in [9.17, 15) is 4.79 Å². The minimum atomic E-state index is -0.338. The molecule has 0 aliphatic rings. The van der Waals surface area contributed by atoms with Gasteiger partial charge >= 0.3 is 0 Å². The van der Waals surface area contributed by atoms with E-state index in [1.807, 2.05) is 32.9 Å². The van der Waals surface area contributed by atoms with Gasteiger partial charge in [0.1, 0.15) is 11.6 Å². The predicted octanol–water partition coefficient (Wildman–Crippen LogP) is 2.24. The fraction of sp³-hybridized carbons (Fsp3) is 0.357. The predicted molar refractivity (Wildman–Crippen MR) is 76.2 cm³/mol. The average molecular weight is 274 g/mol. The largest absolute Gasteiger partial charge is 0.496 e. The van der Waals surface area contributed by atoms with Crippen molar-refractivity contribution in [2.24, 2.45) is 0 Å². The third kappa shape index (κ3) is 2.64. The maximum Gasteiger partial charge on any atom is 0.295 e. The molecule has 0 aliphatic carbocycles. The second-order valence-corrected chi connectivity index (χ2v) is 4.50. The summed E-state index contributed by atoms with van der Waals surface area (Å²) in [6.45, 7) is 5.80. The van der Waals surface area contributed by atoms with Crippen molar-refractivity contribution in [3.05, 3.63) is 34.9 Å². The van der Waals surface area contributed by atoms with Gasteiger partial charge in [-0.3, -0.25) is 9.89 Å². The van der Waals surface area contributed by atoms with Crippen molar-refractivity contribution >= 4 is 11.6 Å². The lowest BCUT2D eigenvalue weighted by Crippen LogP contribution is -2.15. The summed E-state index contributed by atoms with van der Waals surface area (Å²) in [5.41, 5.74) is 2.60. The summed E-state index contributed by atoms with van der Waals surface area (Å²) in [6, 6.07) is 3.75. The molecule has 0 fully saturated rings. The summed E-state index contributed by atoms with van der Waals surface area (Å²) < 4.78 is 5.34. The molecule has 6 heteroatoms. The Balaban J connectivity index is 2.23. The normalized spacial score (nSPS) is 10.4. The molecule has 0 spiro atoms. The fourth-order valence-corrected chi connectivity index (χ4v) is 2.01. The molecule has 0 saturated heterocycles. The van der Waals surface area contributed by atoms with Crippen LogP contribution in [-0.4, -0.2) is 28.2 Å². The fourth-order valence-electron chi connectivity index (χ4n) is 2.01. The molecule has 1 heterocycles. The lowest BCUT2D eigenvalue weighted by molar-refractivity contribution is 0.101. The topological polar surface area (TPSA) is 79.9 Å². The van der Waals surface area contributed by atoms with Gasteiger partial charge < -0.3 is 10.1 Å². The number of ether oxygens (including phenoxy) is 1. The molecule has 0 saturated carbocycles. The lowest BCUT2D eigenvalue weighted by atomic mass is 10.1. The highest BCUT2D eigenvalue weighted by Gasteiger charge is 2.15. The number of rotatable bonds is 4. The maximum absolute atomic E-state index is 12.1. The standard InChI is InChI=1S/C14H18N4O2/c1-5-11-16-13(18-17-11)14(19)15-10-7-6-8(2)12(20-4)9(10)3/h6-7H,5H2,1-4H3,(H,15,19)(H,16,17,18). The van der Waals surface area contributed by atoms with Crippen molar-refractivity contribution in [1.82, 2.24) is 15.2 Å². The van der Waals surface area contributed by atoms with Gasteiger partial charge in [0.05, 0.1) is 7.11 Å². The number of methoxy groups -OCH3 is 1. The highest BCUT2D eigenvalue weighted by Crippen LogP contribution is 2.29. The van der Waals surface area contributed by atoms with Crippen LogP contribution in [0.3, 0.4) is 0 Å². The van der Waals surface area contributed by atoms with Gasteiger partial charge in [0.2, 0.25) is 5.82 Å². The molecule has 1 aromatic heterocycles. The number of carbonyl (C=O) groups excluding carboxylic acids is 1. The summed E-state index contributed by atoms with van der Waals surface area (Å²) >= 11 is 0. The van der Waals surface area contributed by atoms with Crippen LogP contribution in [0.25, 0.3) is 0 Å². The van der Waals surface area contributed by atoms with Gasteiger partial charge in [0, 0.05) is 17.7 Å². The number of hydrogen-bond acceptors (Lipinski definition) is 4. The first-order chi connectivity index (χ1) is 9.56. The summed E-state index contributed by atoms with van der Waals surface area (Å²) in [5, 5.41) is 9.42. The smallest absolute Gasteiger partial charge is 0.295 e. The molecule has 0 bridgehead atoms. The van der Waals surface area contributed by atoms with E-state index in [1.165, 1.54) is 0 Å². The Morgan fingerprint density at radius 1 is 1.40 bits per heavy atom. The van der Waals surface area contributed by atoms with Crippen molar-refractivity contribution in [3.63, 3.8) is 0 Å². The first-order valence-corrected chi connectivity index (χ1v) is 6.43. The zero-order chi connectivity index (χ0) is 14.7. The molecule has 0 aliphatic heterocycles. The number of carbonyl (C=O) groups is 1. The Kier molecular flexibility index (Phi) is 4.02. The number of anilines is 1. The van der Waals surface area contributed by atoms with E-state index in [-0.39, 0.29) is 11.7 Å². The SMILES string of the molecule is CCc1nc(C(=O)Nc2ccc(C)c(OC)c2C)n[nH]1. The first-order valence-electron chi connectivity index (χ1n) is 6.43. The van der Waals surface area contributed by atoms with Gasteiger partial charge in [-0.15, -0.1) is 5.10 Å². The van der Waals surface area contributed by atoms with Crippen LogP contribution in [-0.2, 0) is 6.42 Å². The van der Waals surface area contributed by atoms with E-state index in [0.29, 0.717) is 17.9 Å².